The fourth-order valence-electron chi connectivity index (χ4n) is 2.66. The normalized spacial score (nSPS) is 12.0. The van der Waals surface area contributed by atoms with E-state index in [9.17, 15) is 0 Å². The number of nitrogens with one attached hydrogen (secondary N) is 1. The fourth-order valence-corrected chi connectivity index (χ4v) is 4.77. The number of fused-ring (bicyclic) bond motifs is 1. The van der Waals surface area contributed by atoms with Crippen molar-refractivity contribution >= 4 is 39.7 Å². The van der Waals surface area contributed by atoms with Gasteiger partial charge in [0.2, 0.25) is 0 Å². The van der Waals surface area contributed by atoms with Crippen molar-refractivity contribution in [2.75, 3.05) is 0 Å². The van der Waals surface area contributed by atoms with Crippen molar-refractivity contribution in [3.63, 3.8) is 0 Å². The van der Waals surface area contributed by atoms with E-state index in [1.807, 2.05) is 53.3 Å². The van der Waals surface area contributed by atoms with E-state index >= 15 is 0 Å². The Morgan fingerprint density at radius 3 is 2.88 bits per heavy atom. The van der Waals surface area contributed by atoms with Crippen LogP contribution in [0.3, 0.4) is 0 Å². The van der Waals surface area contributed by atoms with E-state index in [1.165, 1.54) is 0 Å². The zero-order valence-electron chi connectivity index (χ0n) is 13.3. The van der Waals surface area contributed by atoms with Crippen LogP contribution in [0.2, 0.25) is 0 Å². The molecule has 4 aromatic rings. The van der Waals surface area contributed by atoms with Gasteiger partial charge in [-0.3, -0.25) is 5.41 Å². The highest BCUT2D eigenvalue weighted by molar-refractivity contribution is 7.20. The lowest BCUT2D eigenvalue weighted by molar-refractivity contribution is 0.947. The number of hydrogen-bond donors (Lipinski definition) is 2. The molecule has 0 saturated carbocycles. The van der Waals surface area contributed by atoms with E-state index in [1.54, 1.807) is 22.7 Å². The standard InChI is InChI=1S/C17H14N6S2/c1-10-12(17-23(22-10)7-8-24-17)16-21-13(15(19)20-9-18)14(25-16)11-5-3-2-4-6-11/h2-9H,1H3,(H3,18,19,20). The maximum absolute atomic E-state index is 7.20. The van der Waals surface area contributed by atoms with Crippen molar-refractivity contribution < 1.29 is 0 Å². The first-order chi connectivity index (χ1) is 12.2. The van der Waals surface area contributed by atoms with Crippen LogP contribution in [0.25, 0.3) is 25.8 Å². The molecule has 3 N–H and O–H groups in total. The molecule has 0 aliphatic heterocycles. The number of aryl methyl sites for hydroxylation is 1. The Balaban J connectivity index is 1.96. The van der Waals surface area contributed by atoms with Gasteiger partial charge < -0.3 is 5.73 Å². The lowest BCUT2D eigenvalue weighted by Crippen LogP contribution is -2.15. The molecular weight excluding hydrogens is 352 g/mol. The molecule has 0 spiro atoms. The van der Waals surface area contributed by atoms with Crippen molar-refractivity contribution in [3.8, 4) is 21.0 Å². The first-order valence-electron chi connectivity index (χ1n) is 7.50. The number of nitrogens with zero attached hydrogens (tertiary/aromatic N) is 4. The van der Waals surface area contributed by atoms with E-state index in [4.69, 9.17) is 16.1 Å². The molecule has 0 aliphatic carbocycles. The van der Waals surface area contributed by atoms with Gasteiger partial charge in [0, 0.05) is 11.6 Å². The Bertz CT molecular complexity index is 1090. The number of benzene rings is 1. The molecule has 8 heteroatoms. The third-order valence-electron chi connectivity index (χ3n) is 3.75. The summed E-state index contributed by atoms with van der Waals surface area (Å²) in [6.07, 6.45) is 2.87. The highest BCUT2D eigenvalue weighted by Gasteiger charge is 2.21. The van der Waals surface area contributed by atoms with Crippen LogP contribution in [0.4, 0.5) is 0 Å². The van der Waals surface area contributed by atoms with Gasteiger partial charge in [-0.25, -0.2) is 14.5 Å². The quantitative estimate of drug-likeness (QED) is 0.425. The second-order valence-corrected chi connectivity index (χ2v) is 7.21. The summed E-state index contributed by atoms with van der Waals surface area (Å²) in [4.78, 5) is 10.7. The van der Waals surface area contributed by atoms with Crippen molar-refractivity contribution in [1.29, 1.82) is 5.41 Å². The van der Waals surface area contributed by atoms with Crippen LogP contribution in [0.5, 0.6) is 0 Å². The Labute approximate surface area is 151 Å². The molecule has 0 atom stereocenters. The van der Waals surface area contributed by atoms with Crippen molar-refractivity contribution in [2.45, 2.75) is 6.92 Å². The predicted molar refractivity (Wildman–Crippen MR) is 104 cm³/mol. The highest BCUT2D eigenvalue weighted by Crippen LogP contribution is 2.39. The number of amidine groups is 1. The van der Waals surface area contributed by atoms with Gasteiger partial charge in [0.05, 0.1) is 16.1 Å². The molecule has 124 valence electrons. The molecule has 6 nitrogen and oxygen atoms in total. The SMILES string of the molecule is Cc1nn2ccsc2c1-c1nc(C(N)=NC=N)c(-c2ccccc2)s1. The van der Waals surface area contributed by atoms with Crippen LogP contribution >= 0.6 is 22.7 Å². The lowest BCUT2D eigenvalue weighted by Gasteiger charge is -2.00. The minimum atomic E-state index is 0.239. The maximum atomic E-state index is 7.20. The molecule has 0 bridgehead atoms. The van der Waals surface area contributed by atoms with E-state index in [0.717, 1.165) is 37.9 Å². The molecule has 0 unspecified atom stereocenters. The second kappa shape index (κ2) is 6.23. The van der Waals surface area contributed by atoms with Gasteiger partial charge in [-0.1, -0.05) is 30.3 Å². The minimum Gasteiger partial charge on any atom is -0.382 e. The maximum Gasteiger partial charge on any atom is 0.152 e. The summed E-state index contributed by atoms with van der Waals surface area (Å²) in [6.45, 7) is 1.98. The largest absolute Gasteiger partial charge is 0.382 e. The number of aliphatic imine (C=N–C) groups is 1. The molecule has 3 heterocycles. The van der Waals surface area contributed by atoms with Crippen molar-refractivity contribution in [3.05, 3.63) is 53.3 Å². The number of hydrogen-bond acceptors (Lipinski definition) is 5. The molecule has 0 fully saturated rings. The summed E-state index contributed by atoms with van der Waals surface area (Å²) >= 11 is 3.19. The van der Waals surface area contributed by atoms with Gasteiger partial charge in [0.25, 0.3) is 0 Å². The lowest BCUT2D eigenvalue weighted by atomic mass is 10.1. The zero-order valence-corrected chi connectivity index (χ0v) is 14.9. The van der Waals surface area contributed by atoms with Crippen molar-refractivity contribution in [1.82, 2.24) is 14.6 Å². The first kappa shape index (κ1) is 15.7. The van der Waals surface area contributed by atoms with Gasteiger partial charge in [-0.2, -0.15) is 5.10 Å². The van der Waals surface area contributed by atoms with Gasteiger partial charge in [0.1, 0.15) is 21.9 Å². The average Bonchev–Trinajstić information content (AvgIpc) is 3.30. The van der Waals surface area contributed by atoms with E-state index < -0.39 is 0 Å². The molecule has 25 heavy (non-hydrogen) atoms. The summed E-state index contributed by atoms with van der Waals surface area (Å²) in [7, 11) is 0. The molecule has 3 aromatic heterocycles. The summed E-state index contributed by atoms with van der Waals surface area (Å²) in [5.41, 5.74) is 9.64. The Morgan fingerprint density at radius 1 is 1.32 bits per heavy atom. The number of aromatic nitrogens is 3. The fraction of sp³-hybridized carbons (Fsp3) is 0.0588. The van der Waals surface area contributed by atoms with Crippen LogP contribution in [-0.2, 0) is 0 Å². The van der Waals surface area contributed by atoms with Gasteiger partial charge >= 0.3 is 0 Å². The summed E-state index contributed by atoms with van der Waals surface area (Å²) in [5.74, 6) is 0.239. The zero-order chi connectivity index (χ0) is 17.4. The number of rotatable bonds is 4. The van der Waals surface area contributed by atoms with Crippen LogP contribution < -0.4 is 5.73 Å². The van der Waals surface area contributed by atoms with Crippen LogP contribution in [0.15, 0.2) is 46.9 Å². The van der Waals surface area contributed by atoms with Crippen molar-refractivity contribution in [2.24, 2.45) is 10.7 Å². The molecule has 0 saturated heterocycles. The summed E-state index contributed by atoms with van der Waals surface area (Å²) in [6, 6.07) is 9.96. The van der Waals surface area contributed by atoms with Crippen LogP contribution in [0.1, 0.15) is 11.4 Å². The molecule has 1 aromatic carbocycles. The van der Waals surface area contributed by atoms with Crippen LogP contribution in [0, 0.1) is 12.3 Å². The van der Waals surface area contributed by atoms with Gasteiger partial charge in [-0.15, -0.1) is 22.7 Å². The van der Waals surface area contributed by atoms with E-state index in [-0.39, 0.29) is 5.84 Å². The van der Waals surface area contributed by atoms with Crippen LogP contribution in [-0.4, -0.2) is 26.8 Å². The average molecular weight is 366 g/mol. The molecular formula is C17H14N6S2. The van der Waals surface area contributed by atoms with E-state index in [2.05, 4.69) is 10.1 Å². The van der Waals surface area contributed by atoms with Gasteiger partial charge in [-0.05, 0) is 12.5 Å². The Kier molecular flexibility index (Phi) is 3.90. The van der Waals surface area contributed by atoms with E-state index in [0.29, 0.717) is 5.69 Å². The minimum absolute atomic E-state index is 0.239. The first-order valence-corrected chi connectivity index (χ1v) is 9.20. The summed E-state index contributed by atoms with van der Waals surface area (Å²) < 4.78 is 1.87. The third kappa shape index (κ3) is 2.65. The smallest absolute Gasteiger partial charge is 0.152 e. The Morgan fingerprint density at radius 2 is 2.12 bits per heavy atom. The summed E-state index contributed by atoms with van der Waals surface area (Å²) in [5, 5.41) is 14.6. The number of thiazole rings is 2. The molecule has 0 aliphatic rings. The third-order valence-corrected chi connectivity index (χ3v) is 5.74. The predicted octanol–water partition coefficient (Wildman–Crippen LogP) is 3.81. The molecule has 0 radical (unpaired) electrons. The number of nitrogens with two attached hydrogens (primary N) is 1. The monoisotopic (exact) mass is 366 g/mol. The highest BCUT2D eigenvalue weighted by atomic mass is 32.1. The molecule has 0 amide bonds. The Hall–Kier alpha value is -2.84. The van der Waals surface area contributed by atoms with Gasteiger partial charge in [0.15, 0.2) is 5.84 Å². The second-order valence-electron chi connectivity index (χ2n) is 5.32. The molecule has 4 rings (SSSR count). The topological polar surface area (TPSA) is 92.4 Å².